The summed E-state index contributed by atoms with van der Waals surface area (Å²) in [5, 5.41) is 5.57. The smallest absolute Gasteiger partial charge is 0.293 e. The number of carbonyl (C=O) groups excluding carboxylic acids is 1. The summed E-state index contributed by atoms with van der Waals surface area (Å²) < 4.78 is 6.53. The molecule has 1 atom stereocenters. The molecule has 2 N–H and O–H groups in total. The van der Waals surface area contributed by atoms with Gasteiger partial charge in [0, 0.05) is 32.1 Å². The summed E-state index contributed by atoms with van der Waals surface area (Å²) in [5.41, 5.74) is -0.174. The number of hydrogen-bond acceptors (Lipinski definition) is 5. The molecule has 1 heterocycles. The molecule has 1 unspecified atom stereocenters. The van der Waals surface area contributed by atoms with Crippen molar-refractivity contribution in [3.8, 4) is 0 Å². The van der Waals surface area contributed by atoms with Crippen LogP contribution in [0.1, 0.15) is 25.8 Å². The first-order valence-electron chi connectivity index (χ1n) is 6.74. The minimum absolute atomic E-state index is 0.174. The SMILES string of the molecule is COCCNC(=O)C(C)Nc1nccn(C2CC2)c1=O. The van der Waals surface area contributed by atoms with E-state index in [1.54, 1.807) is 31.0 Å². The quantitative estimate of drug-likeness (QED) is 0.694. The van der Waals surface area contributed by atoms with E-state index >= 15 is 0 Å². The third kappa shape index (κ3) is 3.57. The molecule has 7 heteroatoms. The van der Waals surface area contributed by atoms with Crippen LogP contribution in [0.25, 0.3) is 0 Å². The van der Waals surface area contributed by atoms with Gasteiger partial charge >= 0.3 is 0 Å². The molecule has 7 nitrogen and oxygen atoms in total. The molecular formula is C13H20N4O3. The van der Waals surface area contributed by atoms with Crippen molar-refractivity contribution >= 4 is 11.7 Å². The van der Waals surface area contributed by atoms with Crippen LogP contribution >= 0.6 is 0 Å². The van der Waals surface area contributed by atoms with Gasteiger partial charge in [-0.1, -0.05) is 0 Å². The molecular weight excluding hydrogens is 260 g/mol. The Morgan fingerprint density at radius 3 is 3.00 bits per heavy atom. The molecule has 110 valence electrons. The molecule has 2 rings (SSSR count). The molecule has 20 heavy (non-hydrogen) atoms. The summed E-state index contributed by atoms with van der Waals surface area (Å²) in [6.45, 7) is 2.59. The maximum absolute atomic E-state index is 12.2. The van der Waals surface area contributed by atoms with Crippen LogP contribution in [0.4, 0.5) is 5.82 Å². The topological polar surface area (TPSA) is 85.2 Å². The summed E-state index contributed by atoms with van der Waals surface area (Å²) in [4.78, 5) is 28.0. The number of hydrogen-bond donors (Lipinski definition) is 2. The molecule has 1 aliphatic carbocycles. The highest BCUT2D eigenvalue weighted by Gasteiger charge is 2.25. The lowest BCUT2D eigenvalue weighted by Gasteiger charge is -2.14. The van der Waals surface area contributed by atoms with Crippen LogP contribution in [0.3, 0.4) is 0 Å². The Kier molecular flexibility index (Phi) is 4.73. The van der Waals surface area contributed by atoms with Crippen molar-refractivity contribution < 1.29 is 9.53 Å². The Hall–Kier alpha value is -1.89. The summed E-state index contributed by atoms with van der Waals surface area (Å²) in [5.74, 6) is 0.0267. The predicted octanol–water partition coefficient (Wildman–Crippen LogP) is 0.141. The molecule has 0 aliphatic heterocycles. The average molecular weight is 280 g/mol. The van der Waals surface area contributed by atoms with Gasteiger partial charge in [0.2, 0.25) is 5.91 Å². The van der Waals surface area contributed by atoms with E-state index in [1.807, 2.05) is 0 Å². The molecule has 0 radical (unpaired) electrons. The van der Waals surface area contributed by atoms with Gasteiger partial charge in [0.15, 0.2) is 5.82 Å². The predicted molar refractivity (Wildman–Crippen MR) is 74.7 cm³/mol. The van der Waals surface area contributed by atoms with E-state index in [9.17, 15) is 9.59 Å². The lowest BCUT2D eigenvalue weighted by molar-refractivity contribution is -0.121. The first-order chi connectivity index (χ1) is 9.63. The van der Waals surface area contributed by atoms with Gasteiger partial charge in [0.05, 0.1) is 6.61 Å². The maximum Gasteiger partial charge on any atom is 0.293 e. The van der Waals surface area contributed by atoms with E-state index in [0.717, 1.165) is 12.8 Å². The zero-order valence-electron chi connectivity index (χ0n) is 11.8. The van der Waals surface area contributed by atoms with E-state index in [2.05, 4.69) is 15.6 Å². The largest absolute Gasteiger partial charge is 0.383 e. The Morgan fingerprint density at radius 1 is 1.60 bits per heavy atom. The number of rotatable bonds is 7. The normalized spacial score (nSPS) is 15.7. The van der Waals surface area contributed by atoms with Crippen molar-refractivity contribution in [3.63, 3.8) is 0 Å². The summed E-state index contributed by atoms with van der Waals surface area (Å²) >= 11 is 0. The number of nitrogens with one attached hydrogen (secondary N) is 2. The van der Waals surface area contributed by atoms with Crippen molar-refractivity contribution in [2.45, 2.75) is 31.8 Å². The van der Waals surface area contributed by atoms with E-state index in [-0.39, 0.29) is 23.3 Å². The number of methoxy groups -OCH3 is 1. The lowest BCUT2D eigenvalue weighted by Crippen LogP contribution is -2.40. The fourth-order valence-electron chi connectivity index (χ4n) is 1.86. The molecule has 1 aliphatic rings. The average Bonchev–Trinajstić information content (AvgIpc) is 3.25. The van der Waals surface area contributed by atoms with Crippen molar-refractivity contribution in [2.24, 2.45) is 0 Å². The van der Waals surface area contributed by atoms with Crippen LogP contribution in [0.5, 0.6) is 0 Å². The number of nitrogens with zero attached hydrogens (tertiary/aromatic N) is 2. The van der Waals surface area contributed by atoms with Crippen molar-refractivity contribution in [1.29, 1.82) is 0 Å². The lowest BCUT2D eigenvalue weighted by atomic mass is 10.3. The van der Waals surface area contributed by atoms with Gasteiger partial charge in [0.25, 0.3) is 5.56 Å². The standard InChI is InChI=1S/C13H20N4O3/c1-9(12(18)15-6-8-20-2)16-11-13(19)17(7-5-14-11)10-3-4-10/h5,7,9-10H,3-4,6,8H2,1-2H3,(H,14,16)(H,15,18). The van der Waals surface area contributed by atoms with Crippen molar-refractivity contribution in [3.05, 3.63) is 22.7 Å². The van der Waals surface area contributed by atoms with Crippen LogP contribution in [0.2, 0.25) is 0 Å². The first-order valence-corrected chi connectivity index (χ1v) is 6.74. The van der Waals surface area contributed by atoms with Crippen molar-refractivity contribution in [2.75, 3.05) is 25.6 Å². The molecule has 0 aromatic carbocycles. The minimum Gasteiger partial charge on any atom is -0.383 e. The van der Waals surface area contributed by atoms with E-state index in [0.29, 0.717) is 13.2 Å². The summed E-state index contributed by atoms with van der Waals surface area (Å²) in [7, 11) is 1.57. The third-order valence-electron chi connectivity index (χ3n) is 3.16. The number of aromatic nitrogens is 2. The number of amides is 1. The second-order valence-electron chi connectivity index (χ2n) is 4.87. The van der Waals surface area contributed by atoms with Gasteiger partial charge in [-0.25, -0.2) is 4.98 Å². The van der Waals surface area contributed by atoms with Crippen LogP contribution in [-0.2, 0) is 9.53 Å². The molecule has 1 fully saturated rings. The fraction of sp³-hybridized carbons (Fsp3) is 0.615. The van der Waals surface area contributed by atoms with Gasteiger partial charge in [-0.3, -0.25) is 9.59 Å². The third-order valence-corrected chi connectivity index (χ3v) is 3.16. The molecule has 1 saturated carbocycles. The second kappa shape index (κ2) is 6.51. The Labute approximate surface area is 117 Å². The highest BCUT2D eigenvalue weighted by molar-refractivity contribution is 5.83. The fourth-order valence-corrected chi connectivity index (χ4v) is 1.86. The summed E-state index contributed by atoms with van der Waals surface area (Å²) in [6, 6.07) is -0.237. The van der Waals surface area contributed by atoms with E-state index in [4.69, 9.17) is 4.74 Å². The number of carbonyl (C=O) groups is 1. The molecule has 0 bridgehead atoms. The Bertz CT molecular complexity index is 525. The van der Waals surface area contributed by atoms with Crippen molar-refractivity contribution in [1.82, 2.24) is 14.9 Å². The molecule has 0 spiro atoms. The van der Waals surface area contributed by atoms with E-state index in [1.165, 1.54) is 0 Å². The van der Waals surface area contributed by atoms with Gasteiger partial charge < -0.3 is 19.9 Å². The van der Waals surface area contributed by atoms with Crippen LogP contribution in [-0.4, -0.2) is 41.8 Å². The minimum atomic E-state index is -0.526. The number of anilines is 1. The highest BCUT2D eigenvalue weighted by Crippen LogP contribution is 2.33. The van der Waals surface area contributed by atoms with Crippen LogP contribution in [0.15, 0.2) is 17.2 Å². The summed E-state index contributed by atoms with van der Waals surface area (Å²) in [6.07, 6.45) is 5.32. The second-order valence-corrected chi connectivity index (χ2v) is 4.87. The monoisotopic (exact) mass is 280 g/mol. The zero-order chi connectivity index (χ0) is 14.5. The van der Waals surface area contributed by atoms with E-state index < -0.39 is 6.04 Å². The van der Waals surface area contributed by atoms with Gasteiger partial charge in [-0.15, -0.1) is 0 Å². The van der Waals surface area contributed by atoms with Gasteiger partial charge in [-0.05, 0) is 19.8 Å². The number of ether oxygens (including phenoxy) is 1. The Morgan fingerprint density at radius 2 is 2.35 bits per heavy atom. The molecule has 0 saturated heterocycles. The highest BCUT2D eigenvalue weighted by atomic mass is 16.5. The molecule has 1 aromatic heterocycles. The van der Waals surface area contributed by atoms with Crippen LogP contribution in [0, 0.1) is 0 Å². The first kappa shape index (κ1) is 14.5. The maximum atomic E-state index is 12.2. The zero-order valence-corrected chi connectivity index (χ0v) is 11.8. The molecule has 1 amide bonds. The molecule has 1 aromatic rings. The van der Waals surface area contributed by atoms with Gasteiger partial charge in [0.1, 0.15) is 6.04 Å². The van der Waals surface area contributed by atoms with Crippen LogP contribution < -0.4 is 16.2 Å². The Balaban J connectivity index is 1.97. The van der Waals surface area contributed by atoms with Gasteiger partial charge in [-0.2, -0.15) is 0 Å².